The number of rotatable bonds is 10. The molecule has 0 amide bonds. The summed E-state index contributed by atoms with van der Waals surface area (Å²) in [6, 6.07) is 0.531. The van der Waals surface area contributed by atoms with Gasteiger partial charge in [0.2, 0.25) is 0 Å². The Hall–Kier alpha value is -0.120. The Balaban J connectivity index is 3.26. The molecule has 0 aliphatic heterocycles. The van der Waals surface area contributed by atoms with E-state index in [1.165, 1.54) is 25.8 Å². The highest BCUT2D eigenvalue weighted by Crippen LogP contribution is 2.01. The zero-order valence-corrected chi connectivity index (χ0v) is 10.9. The molecule has 92 valence electrons. The van der Waals surface area contributed by atoms with Crippen LogP contribution in [0.25, 0.3) is 0 Å². The average Bonchev–Trinajstić information content (AvgIpc) is 2.23. The Bertz CT molecular complexity index is 131. The Morgan fingerprint density at radius 1 is 1.27 bits per heavy atom. The molecule has 0 spiro atoms. The van der Waals surface area contributed by atoms with Crippen molar-refractivity contribution in [2.45, 2.75) is 39.2 Å². The molecule has 0 aromatic carbocycles. The molecule has 0 aromatic heterocycles. The molecule has 1 unspecified atom stereocenters. The van der Waals surface area contributed by atoms with Crippen LogP contribution in [0.3, 0.4) is 0 Å². The molecule has 3 nitrogen and oxygen atoms in total. The molecule has 1 N–H and O–H groups in total. The zero-order valence-electron chi connectivity index (χ0n) is 10.9. The lowest BCUT2D eigenvalue weighted by Gasteiger charge is -2.23. The number of ether oxygens (including phenoxy) is 1. The highest BCUT2D eigenvalue weighted by atomic mass is 16.5. The van der Waals surface area contributed by atoms with Gasteiger partial charge < -0.3 is 15.0 Å². The molecule has 0 bridgehead atoms. The van der Waals surface area contributed by atoms with E-state index in [2.05, 4.69) is 31.1 Å². The summed E-state index contributed by atoms with van der Waals surface area (Å²) in [6.45, 7) is 8.62. The van der Waals surface area contributed by atoms with Gasteiger partial charge in [0.15, 0.2) is 0 Å². The summed E-state index contributed by atoms with van der Waals surface area (Å²) < 4.78 is 5.13. The number of nitrogens with one attached hydrogen (secondary N) is 1. The molecule has 0 saturated carbocycles. The Morgan fingerprint density at radius 3 is 2.60 bits per heavy atom. The van der Waals surface area contributed by atoms with Gasteiger partial charge in [-0.3, -0.25) is 0 Å². The normalized spacial score (nSPS) is 13.4. The van der Waals surface area contributed by atoms with Crippen LogP contribution < -0.4 is 5.32 Å². The number of likely N-dealkylation sites (N-methyl/N-ethyl adjacent to an activating group) is 1. The van der Waals surface area contributed by atoms with E-state index in [4.69, 9.17) is 4.74 Å². The van der Waals surface area contributed by atoms with Crippen LogP contribution >= 0.6 is 0 Å². The van der Waals surface area contributed by atoms with Crippen molar-refractivity contribution in [2.24, 2.45) is 0 Å². The third-order valence-corrected chi connectivity index (χ3v) is 2.77. The van der Waals surface area contributed by atoms with Gasteiger partial charge in [0, 0.05) is 13.2 Å². The minimum Gasteiger partial charge on any atom is -0.383 e. The maximum Gasteiger partial charge on any atom is 0.0615 e. The molecule has 0 saturated heterocycles. The van der Waals surface area contributed by atoms with Crippen LogP contribution in [0, 0.1) is 0 Å². The van der Waals surface area contributed by atoms with Crippen LogP contribution in [0.4, 0.5) is 0 Å². The largest absolute Gasteiger partial charge is 0.383 e. The van der Waals surface area contributed by atoms with Crippen LogP contribution in [-0.4, -0.2) is 51.3 Å². The van der Waals surface area contributed by atoms with Crippen molar-refractivity contribution >= 4 is 0 Å². The summed E-state index contributed by atoms with van der Waals surface area (Å²) in [7, 11) is 3.94. The summed E-state index contributed by atoms with van der Waals surface area (Å²) in [5.74, 6) is 0. The third kappa shape index (κ3) is 8.85. The van der Waals surface area contributed by atoms with Crippen LogP contribution in [0.15, 0.2) is 0 Å². The standard InChI is InChI=1S/C12H28N2O/c1-5-13-9-7-6-8-10-14(3)12(2)11-15-4/h12-13H,5-11H2,1-4H3. The lowest BCUT2D eigenvalue weighted by Crippen LogP contribution is -2.33. The fraction of sp³-hybridized carbons (Fsp3) is 1.00. The number of unbranched alkanes of at least 4 members (excludes halogenated alkanes) is 2. The maximum atomic E-state index is 5.13. The van der Waals surface area contributed by atoms with Crippen molar-refractivity contribution in [3.8, 4) is 0 Å². The van der Waals surface area contributed by atoms with Crippen molar-refractivity contribution in [1.82, 2.24) is 10.2 Å². The van der Waals surface area contributed by atoms with Gasteiger partial charge in [0.1, 0.15) is 0 Å². The van der Waals surface area contributed by atoms with E-state index in [9.17, 15) is 0 Å². The van der Waals surface area contributed by atoms with Crippen molar-refractivity contribution in [1.29, 1.82) is 0 Å². The summed E-state index contributed by atoms with van der Waals surface area (Å²) in [5.41, 5.74) is 0. The zero-order chi connectivity index (χ0) is 11.5. The van der Waals surface area contributed by atoms with E-state index >= 15 is 0 Å². The lowest BCUT2D eigenvalue weighted by atomic mass is 10.2. The Kier molecular flexibility index (Phi) is 10.3. The van der Waals surface area contributed by atoms with Gasteiger partial charge in [-0.15, -0.1) is 0 Å². The third-order valence-electron chi connectivity index (χ3n) is 2.77. The number of nitrogens with zero attached hydrogens (tertiary/aromatic N) is 1. The van der Waals surface area contributed by atoms with Crippen LogP contribution in [0.1, 0.15) is 33.1 Å². The van der Waals surface area contributed by atoms with E-state index in [1.807, 2.05) is 0 Å². The topological polar surface area (TPSA) is 24.5 Å². The first kappa shape index (κ1) is 14.9. The van der Waals surface area contributed by atoms with Crippen molar-refractivity contribution < 1.29 is 4.74 Å². The molecule has 0 aliphatic rings. The lowest BCUT2D eigenvalue weighted by molar-refractivity contribution is 0.114. The van der Waals surface area contributed by atoms with E-state index in [-0.39, 0.29) is 0 Å². The van der Waals surface area contributed by atoms with E-state index in [0.29, 0.717) is 6.04 Å². The van der Waals surface area contributed by atoms with Gasteiger partial charge in [-0.1, -0.05) is 13.3 Å². The van der Waals surface area contributed by atoms with Crippen molar-refractivity contribution in [3.05, 3.63) is 0 Å². The smallest absolute Gasteiger partial charge is 0.0615 e. The second kappa shape index (κ2) is 10.4. The summed E-state index contributed by atoms with van der Waals surface area (Å²) in [6.07, 6.45) is 3.90. The SMILES string of the molecule is CCNCCCCCN(C)C(C)COC. The first-order valence-corrected chi connectivity index (χ1v) is 6.12. The highest BCUT2D eigenvalue weighted by Gasteiger charge is 2.07. The Labute approximate surface area is 95.2 Å². The minimum atomic E-state index is 0.531. The maximum absolute atomic E-state index is 5.13. The summed E-state index contributed by atoms with van der Waals surface area (Å²) in [4.78, 5) is 2.37. The van der Waals surface area contributed by atoms with Gasteiger partial charge in [-0.2, -0.15) is 0 Å². The average molecular weight is 216 g/mol. The molecule has 1 atom stereocenters. The van der Waals surface area contributed by atoms with Gasteiger partial charge >= 0.3 is 0 Å². The van der Waals surface area contributed by atoms with Gasteiger partial charge in [-0.25, -0.2) is 0 Å². The number of methoxy groups -OCH3 is 1. The summed E-state index contributed by atoms with van der Waals surface area (Å²) >= 11 is 0. The molecule has 0 radical (unpaired) electrons. The van der Waals surface area contributed by atoms with Crippen molar-refractivity contribution in [2.75, 3.05) is 40.4 Å². The highest BCUT2D eigenvalue weighted by molar-refractivity contribution is 4.62. The quantitative estimate of drug-likeness (QED) is 0.563. The predicted molar refractivity (Wildman–Crippen MR) is 66.4 cm³/mol. The molecule has 0 rings (SSSR count). The van der Waals surface area contributed by atoms with Crippen LogP contribution in [0.5, 0.6) is 0 Å². The Morgan fingerprint density at radius 2 is 2.00 bits per heavy atom. The second-order valence-electron chi connectivity index (χ2n) is 4.20. The molecule has 15 heavy (non-hydrogen) atoms. The monoisotopic (exact) mass is 216 g/mol. The predicted octanol–water partition coefficient (Wildman–Crippen LogP) is 1.73. The second-order valence-corrected chi connectivity index (χ2v) is 4.20. The van der Waals surface area contributed by atoms with Crippen LogP contribution in [-0.2, 0) is 4.74 Å². The molecule has 0 fully saturated rings. The molecular weight excluding hydrogens is 188 g/mol. The summed E-state index contributed by atoms with van der Waals surface area (Å²) in [5, 5.41) is 3.35. The van der Waals surface area contributed by atoms with Crippen molar-refractivity contribution in [3.63, 3.8) is 0 Å². The molecule has 0 heterocycles. The van der Waals surface area contributed by atoms with Crippen LogP contribution in [0.2, 0.25) is 0 Å². The molecule has 0 aliphatic carbocycles. The molecule has 3 heteroatoms. The minimum absolute atomic E-state index is 0.531. The van der Waals surface area contributed by atoms with E-state index < -0.39 is 0 Å². The molecular formula is C12H28N2O. The van der Waals surface area contributed by atoms with Gasteiger partial charge in [0.05, 0.1) is 6.61 Å². The van der Waals surface area contributed by atoms with E-state index in [1.54, 1.807) is 7.11 Å². The van der Waals surface area contributed by atoms with E-state index in [0.717, 1.165) is 19.7 Å². The first-order chi connectivity index (χ1) is 7.22. The van der Waals surface area contributed by atoms with Gasteiger partial charge in [0.25, 0.3) is 0 Å². The fourth-order valence-corrected chi connectivity index (χ4v) is 1.55. The number of hydrogen-bond donors (Lipinski definition) is 1. The fourth-order valence-electron chi connectivity index (χ4n) is 1.55. The molecule has 0 aromatic rings. The van der Waals surface area contributed by atoms with Gasteiger partial charge in [-0.05, 0) is 46.4 Å². The first-order valence-electron chi connectivity index (χ1n) is 6.12. The number of hydrogen-bond acceptors (Lipinski definition) is 3.